The van der Waals surface area contributed by atoms with Crippen LogP contribution in [0.2, 0.25) is 0 Å². The molecule has 0 radical (unpaired) electrons. The predicted molar refractivity (Wildman–Crippen MR) is 103 cm³/mol. The number of nitro benzene ring substituents is 1. The molecule has 1 heterocycles. The zero-order valence-electron chi connectivity index (χ0n) is 15.4. The molecule has 1 aromatic heterocycles. The van der Waals surface area contributed by atoms with Crippen molar-refractivity contribution in [2.45, 2.75) is 27.3 Å². The second kappa shape index (κ2) is 7.41. The first kappa shape index (κ1) is 18.3. The van der Waals surface area contributed by atoms with Crippen LogP contribution in [0.5, 0.6) is 0 Å². The Balaban J connectivity index is 1.85. The molecule has 3 rings (SSSR count). The molecule has 0 fully saturated rings. The second-order valence-corrected chi connectivity index (χ2v) is 6.40. The Morgan fingerprint density at radius 1 is 1.15 bits per heavy atom. The fraction of sp³-hybridized carbons (Fsp3) is 0.200. The Morgan fingerprint density at radius 3 is 2.52 bits per heavy atom. The zero-order valence-corrected chi connectivity index (χ0v) is 15.4. The molecular weight excluding hydrogens is 344 g/mol. The highest BCUT2D eigenvalue weighted by Crippen LogP contribution is 2.23. The third-order valence-electron chi connectivity index (χ3n) is 4.46. The van der Waals surface area contributed by atoms with Gasteiger partial charge in [-0.15, -0.1) is 0 Å². The molecule has 7 heteroatoms. The topological polar surface area (TPSA) is 90.1 Å². The molecule has 0 aliphatic heterocycles. The van der Waals surface area contributed by atoms with Gasteiger partial charge in [0.05, 0.1) is 28.5 Å². The zero-order chi connectivity index (χ0) is 19.6. The highest BCUT2D eigenvalue weighted by molar-refractivity contribution is 6.05. The van der Waals surface area contributed by atoms with E-state index in [0.29, 0.717) is 23.5 Å². The number of hydrogen-bond donors (Lipinski definition) is 1. The Kier molecular flexibility index (Phi) is 5.03. The molecule has 0 spiro atoms. The number of nitrogens with one attached hydrogen (secondary N) is 1. The van der Waals surface area contributed by atoms with Gasteiger partial charge < -0.3 is 5.32 Å². The van der Waals surface area contributed by atoms with Gasteiger partial charge in [0, 0.05) is 17.2 Å². The molecule has 0 unspecified atom stereocenters. The van der Waals surface area contributed by atoms with Crippen LogP contribution in [-0.2, 0) is 6.54 Å². The van der Waals surface area contributed by atoms with E-state index in [-0.39, 0.29) is 11.3 Å². The Bertz CT molecular complexity index is 1010. The minimum absolute atomic E-state index is 0.0733. The maximum Gasteiger partial charge on any atom is 0.273 e. The predicted octanol–water partition coefficient (Wildman–Crippen LogP) is 4.02. The third-order valence-corrected chi connectivity index (χ3v) is 4.46. The number of benzene rings is 2. The number of anilines is 1. The number of nitrogens with zero attached hydrogens (tertiary/aromatic N) is 3. The lowest BCUT2D eigenvalue weighted by Gasteiger charge is -2.08. The van der Waals surface area contributed by atoms with Crippen LogP contribution in [0.3, 0.4) is 0 Å². The van der Waals surface area contributed by atoms with Crippen LogP contribution in [0.25, 0.3) is 0 Å². The van der Waals surface area contributed by atoms with Crippen molar-refractivity contribution in [1.82, 2.24) is 9.78 Å². The van der Waals surface area contributed by atoms with Crippen molar-refractivity contribution in [3.8, 4) is 0 Å². The molecule has 1 N–H and O–H groups in total. The first-order valence-electron chi connectivity index (χ1n) is 8.51. The Hall–Kier alpha value is -3.48. The van der Waals surface area contributed by atoms with Gasteiger partial charge in [0.15, 0.2) is 0 Å². The lowest BCUT2D eigenvalue weighted by molar-refractivity contribution is -0.385. The van der Waals surface area contributed by atoms with Gasteiger partial charge in [0.2, 0.25) is 0 Å². The summed E-state index contributed by atoms with van der Waals surface area (Å²) in [7, 11) is 0. The number of amides is 1. The molecule has 138 valence electrons. The summed E-state index contributed by atoms with van der Waals surface area (Å²) in [5.74, 6) is -0.399. The summed E-state index contributed by atoms with van der Waals surface area (Å²) in [6, 6.07) is 14.4. The van der Waals surface area contributed by atoms with Gasteiger partial charge >= 0.3 is 0 Å². The monoisotopic (exact) mass is 364 g/mol. The molecule has 0 atom stereocenters. The van der Waals surface area contributed by atoms with Crippen molar-refractivity contribution in [3.63, 3.8) is 0 Å². The van der Waals surface area contributed by atoms with E-state index in [9.17, 15) is 14.9 Å². The number of nitro groups is 1. The maximum atomic E-state index is 12.6. The van der Waals surface area contributed by atoms with Gasteiger partial charge in [0.1, 0.15) is 0 Å². The lowest BCUT2D eigenvalue weighted by atomic mass is 10.1. The molecule has 2 aromatic carbocycles. The van der Waals surface area contributed by atoms with Gasteiger partial charge in [-0.05, 0) is 32.4 Å². The van der Waals surface area contributed by atoms with E-state index in [4.69, 9.17) is 0 Å². The average molecular weight is 364 g/mol. The summed E-state index contributed by atoms with van der Waals surface area (Å²) in [6.45, 7) is 5.94. The van der Waals surface area contributed by atoms with Crippen LogP contribution in [0.15, 0.2) is 48.5 Å². The van der Waals surface area contributed by atoms with E-state index in [1.807, 2.05) is 48.9 Å². The molecule has 1 amide bonds. The minimum Gasteiger partial charge on any atom is -0.319 e. The number of aryl methyl sites for hydroxylation is 2. The standard InChI is InChI=1S/C20H20N4O3/c1-13-9-10-17(11-18(13)24(26)27)20(25)21-19-14(2)22-23(15(19)3)12-16-7-5-4-6-8-16/h4-11H,12H2,1-3H3,(H,21,25). The van der Waals surface area contributed by atoms with E-state index in [2.05, 4.69) is 10.4 Å². The minimum atomic E-state index is -0.486. The quantitative estimate of drug-likeness (QED) is 0.547. The van der Waals surface area contributed by atoms with Gasteiger partial charge in [-0.2, -0.15) is 5.10 Å². The Labute approximate surface area is 156 Å². The normalized spacial score (nSPS) is 10.6. The van der Waals surface area contributed by atoms with Crippen molar-refractivity contribution >= 4 is 17.3 Å². The second-order valence-electron chi connectivity index (χ2n) is 6.40. The largest absolute Gasteiger partial charge is 0.319 e. The number of hydrogen-bond acceptors (Lipinski definition) is 4. The van der Waals surface area contributed by atoms with Crippen molar-refractivity contribution in [2.75, 3.05) is 5.32 Å². The van der Waals surface area contributed by atoms with Crippen molar-refractivity contribution in [2.24, 2.45) is 0 Å². The summed E-state index contributed by atoms with van der Waals surface area (Å²) in [6.07, 6.45) is 0. The van der Waals surface area contributed by atoms with Crippen LogP contribution < -0.4 is 5.32 Å². The van der Waals surface area contributed by atoms with Gasteiger partial charge in [-0.25, -0.2) is 0 Å². The highest BCUT2D eigenvalue weighted by Gasteiger charge is 2.18. The van der Waals surface area contributed by atoms with Crippen LogP contribution in [0, 0.1) is 30.9 Å². The SMILES string of the molecule is Cc1ccc(C(=O)Nc2c(C)nn(Cc3ccccc3)c2C)cc1[N+](=O)[O-]. The number of aromatic nitrogens is 2. The molecular formula is C20H20N4O3. The molecule has 0 saturated heterocycles. The lowest BCUT2D eigenvalue weighted by Crippen LogP contribution is -2.14. The average Bonchev–Trinajstić information content (AvgIpc) is 2.90. The van der Waals surface area contributed by atoms with Crippen molar-refractivity contribution in [1.29, 1.82) is 0 Å². The number of carbonyl (C=O) groups is 1. The number of carbonyl (C=O) groups excluding carboxylic acids is 1. The van der Waals surface area contributed by atoms with E-state index < -0.39 is 10.8 Å². The smallest absolute Gasteiger partial charge is 0.273 e. The molecule has 0 aliphatic rings. The molecule has 0 bridgehead atoms. The summed E-state index contributed by atoms with van der Waals surface area (Å²) < 4.78 is 1.83. The molecule has 27 heavy (non-hydrogen) atoms. The van der Waals surface area contributed by atoms with E-state index in [1.54, 1.807) is 19.1 Å². The van der Waals surface area contributed by atoms with Crippen LogP contribution >= 0.6 is 0 Å². The molecule has 3 aromatic rings. The maximum absolute atomic E-state index is 12.6. The van der Waals surface area contributed by atoms with Gasteiger partial charge in [-0.3, -0.25) is 19.6 Å². The number of rotatable bonds is 5. The first-order valence-corrected chi connectivity index (χ1v) is 8.51. The summed E-state index contributed by atoms with van der Waals surface area (Å²) in [5, 5.41) is 18.4. The van der Waals surface area contributed by atoms with Gasteiger partial charge in [-0.1, -0.05) is 36.4 Å². The fourth-order valence-corrected chi connectivity index (χ4v) is 2.92. The molecule has 0 aliphatic carbocycles. The molecule has 0 saturated carbocycles. The molecule has 7 nitrogen and oxygen atoms in total. The van der Waals surface area contributed by atoms with E-state index in [1.165, 1.54) is 6.07 Å². The third kappa shape index (κ3) is 3.87. The summed E-state index contributed by atoms with van der Waals surface area (Å²) >= 11 is 0. The fourth-order valence-electron chi connectivity index (χ4n) is 2.92. The van der Waals surface area contributed by atoms with Gasteiger partial charge in [0.25, 0.3) is 11.6 Å². The van der Waals surface area contributed by atoms with Crippen LogP contribution in [0.4, 0.5) is 11.4 Å². The van der Waals surface area contributed by atoms with Crippen LogP contribution in [-0.4, -0.2) is 20.6 Å². The van der Waals surface area contributed by atoms with Crippen molar-refractivity contribution < 1.29 is 9.72 Å². The Morgan fingerprint density at radius 2 is 1.85 bits per heavy atom. The van der Waals surface area contributed by atoms with E-state index in [0.717, 1.165) is 11.3 Å². The van der Waals surface area contributed by atoms with Crippen molar-refractivity contribution in [3.05, 3.63) is 86.7 Å². The van der Waals surface area contributed by atoms with E-state index >= 15 is 0 Å². The summed E-state index contributed by atoms with van der Waals surface area (Å²) in [4.78, 5) is 23.2. The summed E-state index contributed by atoms with van der Waals surface area (Å²) in [5.41, 5.74) is 3.93. The highest BCUT2D eigenvalue weighted by atomic mass is 16.6. The van der Waals surface area contributed by atoms with Crippen LogP contribution in [0.1, 0.15) is 32.9 Å². The first-order chi connectivity index (χ1) is 12.9.